The van der Waals surface area contributed by atoms with Gasteiger partial charge in [0.1, 0.15) is 6.10 Å². The molecule has 1 unspecified atom stereocenters. The number of carbonyl (C=O) groups is 2. The molecule has 0 saturated heterocycles. The molecule has 4 heteroatoms. The third-order valence-electron chi connectivity index (χ3n) is 5.94. The van der Waals surface area contributed by atoms with E-state index in [-0.39, 0.29) is 23.9 Å². The van der Waals surface area contributed by atoms with E-state index in [4.69, 9.17) is 9.84 Å². The first-order valence-electron chi connectivity index (χ1n) is 11.2. The number of hydrogen-bond acceptors (Lipinski definition) is 3. The standard InChI is InChI=1S/C23H42O4/c1-17(2)11-9-7-5-6-8-10-12-21(18(3)4)27-23(26)20-15-13-19(14-16-20)22(24)25/h17-21H,5-16H2,1-4H3,(H,24,25). The van der Waals surface area contributed by atoms with Crippen LogP contribution in [0.25, 0.3) is 0 Å². The summed E-state index contributed by atoms with van der Waals surface area (Å²) < 4.78 is 5.83. The average Bonchev–Trinajstić information content (AvgIpc) is 2.62. The summed E-state index contributed by atoms with van der Waals surface area (Å²) in [7, 11) is 0. The van der Waals surface area contributed by atoms with E-state index >= 15 is 0 Å². The second-order valence-electron chi connectivity index (χ2n) is 9.20. The number of carboxylic acids is 1. The number of carboxylic acid groups (broad SMARTS) is 1. The average molecular weight is 383 g/mol. The first-order valence-corrected chi connectivity index (χ1v) is 11.2. The van der Waals surface area contributed by atoms with Crippen LogP contribution in [0.5, 0.6) is 0 Å². The van der Waals surface area contributed by atoms with Gasteiger partial charge in [-0.25, -0.2) is 0 Å². The molecule has 0 aromatic carbocycles. The maximum atomic E-state index is 12.5. The number of rotatable bonds is 13. The highest BCUT2D eigenvalue weighted by molar-refractivity contribution is 5.74. The molecule has 1 N–H and O–H groups in total. The number of carbonyl (C=O) groups excluding carboxylic acids is 1. The van der Waals surface area contributed by atoms with Crippen LogP contribution in [0.1, 0.15) is 105 Å². The Bertz CT molecular complexity index is 422. The second-order valence-corrected chi connectivity index (χ2v) is 9.20. The van der Waals surface area contributed by atoms with E-state index in [1.807, 2.05) is 0 Å². The monoisotopic (exact) mass is 382 g/mol. The van der Waals surface area contributed by atoms with Crippen molar-refractivity contribution in [2.75, 3.05) is 0 Å². The molecule has 0 radical (unpaired) electrons. The number of unbranched alkanes of at least 4 members (excludes halogenated alkanes) is 5. The molecule has 0 amide bonds. The van der Waals surface area contributed by atoms with Gasteiger partial charge in [0.25, 0.3) is 0 Å². The molecule has 1 aliphatic carbocycles. The molecule has 0 heterocycles. The Balaban J connectivity index is 2.21. The van der Waals surface area contributed by atoms with Crippen LogP contribution in [0.2, 0.25) is 0 Å². The van der Waals surface area contributed by atoms with Gasteiger partial charge in [0.2, 0.25) is 0 Å². The lowest BCUT2D eigenvalue weighted by molar-refractivity contribution is -0.159. The maximum Gasteiger partial charge on any atom is 0.309 e. The van der Waals surface area contributed by atoms with Crippen molar-refractivity contribution < 1.29 is 19.4 Å². The van der Waals surface area contributed by atoms with Crippen LogP contribution in [0.15, 0.2) is 0 Å². The molecule has 4 nitrogen and oxygen atoms in total. The Morgan fingerprint density at radius 2 is 1.30 bits per heavy atom. The second kappa shape index (κ2) is 13.2. The van der Waals surface area contributed by atoms with Gasteiger partial charge in [0.05, 0.1) is 11.8 Å². The van der Waals surface area contributed by atoms with Gasteiger partial charge in [-0.15, -0.1) is 0 Å². The third-order valence-corrected chi connectivity index (χ3v) is 5.94. The highest BCUT2D eigenvalue weighted by Gasteiger charge is 2.32. The highest BCUT2D eigenvalue weighted by atomic mass is 16.5. The van der Waals surface area contributed by atoms with Crippen molar-refractivity contribution in [2.45, 2.75) is 111 Å². The molecule has 1 fully saturated rings. The molecule has 1 aliphatic rings. The van der Waals surface area contributed by atoms with Crippen LogP contribution in [0.4, 0.5) is 0 Å². The molecule has 158 valence electrons. The fraction of sp³-hybridized carbons (Fsp3) is 0.913. The van der Waals surface area contributed by atoms with Crippen molar-refractivity contribution in [2.24, 2.45) is 23.7 Å². The summed E-state index contributed by atoms with van der Waals surface area (Å²) in [5.74, 6) is -0.0865. The number of hydrogen-bond donors (Lipinski definition) is 1. The minimum absolute atomic E-state index is 0.00404. The van der Waals surface area contributed by atoms with E-state index in [0.29, 0.717) is 31.6 Å². The van der Waals surface area contributed by atoms with E-state index in [1.54, 1.807) is 0 Å². The quantitative estimate of drug-likeness (QED) is 0.303. The summed E-state index contributed by atoms with van der Waals surface area (Å²) in [4.78, 5) is 23.5. The normalized spacial score (nSPS) is 21.4. The Morgan fingerprint density at radius 3 is 1.78 bits per heavy atom. The Hall–Kier alpha value is -1.06. The van der Waals surface area contributed by atoms with Gasteiger partial charge in [-0.05, 0) is 50.4 Å². The first kappa shape index (κ1) is 24.0. The molecule has 0 aromatic heterocycles. The van der Waals surface area contributed by atoms with E-state index in [9.17, 15) is 9.59 Å². The fourth-order valence-electron chi connectivity index (χ4n) is 3.96. The molecule has 0 aliphatic heterocycles. The number of aliphatic carboxylic acids is 1. The summed E-state index contributed by atoms with van der Waals surface area (Å²) >= 11 is 0. The molecule has 27 heavy (non-hydrogen) atoms. The van der Waals surface area contributed by atoms with Crippen molar-refractivity contribution >= 4 is 11.9 Å². The van der Waals surface area contributed by atoms with E-state index in [0.717, 1.165) is 18.8 Å². The zero-order valence-corrected chi connectivity index (χ0v) is 18.0. The minimum Gasteiger partial charge on any atom is -0.481 e. The summed E-state index contributed by atoms with van der Waals surface area (Å²) in [6.45, 7) is 8.80. The van der Waals surface area contributed by atoms with Crippen LogP contribution >= 0.6 is 0 Å². The van der Waals surface area contributed by atoms with Crippen molar-refractivity contribution in [3.8, 4) is 0 Å². The first-order chi connectivity index (χ1) is 12.8. The smallest absolute Gasteiger partial charge is 0.309 e. The summed E-state index contributed by atoms with van der Waals surface area (Å²) in [5.41, 5.74) is 0. The van der Waals surface area contributed by atoms with Gasteiger partial charge in [0.15, 0.2) is 0 Å². The molecular formula is C23H42O4. The van der Waals surface area contributed by atoms with E-state index < -0.39 is 5.97 Å². The number of esters is 1. The SMILES string of the molecule is CC(C)CCCCCCCCC(OC(=O)C1CCC(C(=O)O)CC1)C(C)C. The Labute approximate surface area is 166 Å². The highest BCUT2D eigenvalue weighted by Crippen LogP contribution is 2.30. The number of ether oxygens (including phenoxy) is 1. The molecule has 0 bridgehead atoms. The van der Waals surface area contributed by atoms with Crippen LogP contribution in [0.3, 0.4) is 0 Å². The predicted octanol–water partition coefficient (Wildman–Crippen LogP) is 6.22. The minimum atomic E-state index is -0.730. The zero-order valence-electron chi connectivity index (χ0n) is 18.0. The van der Waals surface area contributed by atoms with E-state index in [1.165, 1.54) is 38.5 Å². The lowest BCUT2D eigenvalue weighted by Gasteiger charge is -2.28. The topological polar surface area (TPSA) is 63.6 Å². The van der Waals surface area contributed by atoms with Gasteiger partial charge in [-0.1, -0.05) is 66.2 Å². The van der Waals surface area contributed by atoms with Crippen molar-refractivity contribution in [1.29, 1.82) is 0 Å². The third kappa shape index (κ3) is 10.2. The summed E-state index contributed by atoms with van der Waals surface area (Å²) in [6, 6.07) is 0. The Morgan fingerprint density at radius 1 is 0.815 bits per heavy atom. The van der Waals surface area contributed by atoms with Crippen LogP contribution in [-0.4, -0.2) is 23.1 Å². The van der Waals surface area contributed by atoms with Gasteiger partial charge in [-0.2, -0.15) is 0 Å². The molecule has 0 aromatic rings. The molecule has 1 saturated carbocycles. The lowest BCUT2D eigenvalue weighted by Crippen LogP contribution is -2.31. The summed E-state index contributed by atoms with van der Waals surface area (Å²) in [6.07, 6.45) is 12.4. The lowest BCUT2D eigenvalue weighted by atomic mass is 9.82. The van der Waals surface area contributed by atoms with Crippen LogP contribution < -0.4 is 0 Å². The summed E-state index contributed by atoms with van der Waals surface area (Å²) in [5, 5.41) is 9.08. The van der Waals surface area contributed by atoms with Gasteiger partial charge in [0, 0.05) is 0 Å². The van der Waals surface area contributed by atoms with Crippen LogP contribution in [0, 0.1) is 23.7 Å². The molecule has 1 rings (SSSR count). The maximum absolute atomic E-state index is 12.5. The molecule has 0 spiro atoms. The van der Waals surface area contributed by atoms with Gasteiger partial charge >= 0.3 is 11.9 Å². The van der Waals surface area contributed by atoms with Crippen molar-refractivity contribution in [3.63, 3.8) is 0 Å². The zero-order chi connectivity index (χ0) is 20.2. The predicted molar refractivity (Wildman–Crippen MR) is 110 cm³/mol. The van der Waals surface area contributed by atoms with Crippen molar-refractivity contribution in [1.82, 2.24) is 0 Å². The van der Waals surface area contributed by atoms with Crippen LogP contribution in [-0.2, 0) is 14.3 Å². The van der Waals surface area contributed by atoms with Gasteiger partial charge in [-0.3, -0.25) is 9.59 Å². The molecule has 1 atom stereocenters. The van der Waals surface area contributed by atoms with E-state index in [2.05, 4.69) is 27.7 Å². The molecular weight excluding hydrogens is 340 g/mol. The van der Waals surface area contributed by atoms with Gasteiger partial charge < -0.3 is 9.84 Å². The largest absolute Gasteiger partial charge is 0.481 e. The Kier molecular flexibility index (Phi) is 11.7. The van der Waals surface area contributed by atoms with Crippen molar-refractivity contribution in [3.05, 3.63) is 0 Å². The fourth-order valence-corrected chi connectivity index (χ4v) is 3.96.